The molecule has 0 bridgehead atoms. The maximum absolute atomic E-state index is 5.18. The van der Waals surface area contributed by atoms with Crippen LogP contribution in [0.15, 0.2) is 24.3 Å². The largest absolute Gasteiger partial charge is 0.497 e. The average molecular weight is 273 g/mol. The summed E-state index contributed by atoms with van der Waals surface area (Å²) in [5, 5.41) is 0. The highest BCUT2D eigenvalue weighted by Gasteiger charge is 2.05. The molecule has 2 nitrogen and oxygen atoms in total. The molecular weight excluding hydrogens is 256 g/mol. The van der Waals surface area contributed by atoms with Gasteiger partial charge in [-0.1, -0.05) is 28.1 Å². The van der Waals surface area contributed by atoms with E-state index in [4.69, 9.17) is 9.47 Å². The summed E-state index contributed by atoms with van der Waals surface area (Å²) in [6.45, 7) is 0.792. The first-order valence-electron chi connectivity index (χ1n) is 5.02. The standard InChI is InChI=1S/C12H17BrO2/c1-14-7-6-11(13)8-10-4-3-5-12(9-10)15-2/h3-5,9,11H,6-8H2,1-2H3. The Balaban J connectivity index is 2.48. The highest BCUT2D eigenvalue weighted by molar-refractivity contribution is 9.09. The molecule has 0 aliphatic rings. The lowest BCUT2D eigenvalue weighted by molar-refractivity contribution is 0.194. The van der Waals surface area contributed by atoms with E-state index in [1.54, 1.807) is 14.2 Å². The Bertz CT molecular complexity index is 289. The number of benzene rings is 1. The molecule has 1 aromatic carbocycles. The van der Waals surface area contributed by atoms with Gasteiger partial charge in [0.05, 0.1) is 7.11 Å². The smallest absolute Gasteiger partial charge is 0.119 e. The number of methoxy groups -OCH3 is 2. The number of hydrogen-bond acceptors (Lipinski definition) is 2. The summed E-state index contributed by atoms with van der Waals surface area (Å²) >= 11 is 3.64. The van der Waals surface area contributed by atoms with Gasteiger partial charge >= 0.3 is 0 Å². The van der Waals surface area contributed by atoms with Crippen LogP contribution >= 0.6 is 15.9 Å². The van der Waals surface area contributed by atoms with Crippen molar-refractivity contribution < 1.29 is 9.47 Å². The number of halogens is 1. The predicted octanol–water partition coefficient (Wildman–Crippen LogP) is 3.04. The molecule has 3 heteroatoms. The maximum Gasteiger partial charge on any atom is 0.119 e. The summed E-state index contributed by atoms with van der Waals surface area (Å²) in [5.74, 6) is 0.916. The van der Waals surface area contributed by atoms with Gasteiger partial charge in [-0.05, 0) is 30.5 Å². The van der Waals surface area contributed by atoms with Crippen molar-refractivity contribution >= 4 is 15.9 Å². The Morgan fingerprint density at radius 3 is 2.80 bits per heavy atom. The molecule has 0 saturated carbocycles. The van der Waals surface area contributed by atoms with Gasteiger partial charge in [-0.25, -0.2) is 0 Å². The fourth-order valence-corrected chi connectivity index (χ4v) is 1.96. The van der Waals surface area contributed by atoms with E-state index in [9.17, 15) is 0 Å². The lowest BCUT2D eigenvalue weighted by atomic mass is 10.1. The van der Waals surface area contributed by atoms with Crippen LogP contribution in [0.4, 0.5) is 0 Å². The van der Waals surface area contributed by atoms with Crippen LogP contribution in [-0.4, -0.2) is 25.7 Å². The van der Waals surface area contributed by atoms with E-state index in [1.165, 1.54) is 5.56 Å². The van der Waals surface area contributed by atoms with Crippen molar-refractivity contribution in [1.29, 1.82) is 0 Å². The Morgan fingerprint density at radius 1 is 1.33 bits per heavy atom. The van der Waals surface area contributed by atoms with E-state index in [2.05, 4.69) is 28.1 Å². The van der Waals surface area contributed by atoms with Crippen molar-refractivity contribution in [3.8, 4) is 5.75 Å². The molecule has 0 radical (unpaired) electrons. The maximum atomic E-state index is 5.18. The van der Waals surface area contributed by atoms with E-state index in [0.29, 0.717) is 4.83 Å². The zero-order valence-corrected chi connectivity index (χ0v) is 10.8. The van der Waals surface area contributed by atoms with Gasteiger partial charge in [0.15, 0.2) is 0 Å². The Kier molecular flexibility index (Phi) is 5.73. The van der Waals surface area contributed by atoms with Crippen LogP contribution in [0.3, 0.4) is 0 Å². The van der Waals surface area contributed by atoms with Gasteiger partial charge < -0.3 is 9.47 Å². The van der Waals surface area contributed by atoms with Crippen LogP contribution in [0.2, 0.25) is 0 Å². The third kappa shape index (κ3) is 4.67. The molecule has 15 heavy (non-hydrogen) atoms. The first kappa shape index (κ1) is 12.5. The van der Waals surface area contributed by atoms with Crippen LogP contribution in [-0.2, 0) is 11.2 Å². The normalized spacial score (nSPS) is 12.5. The van der Waals surface area contributed by atoms with E-state index in [1.807, 2.05) is 12.1 Å². The molecule has 1 aromatic rings. The van der Waals surface area contributed by atoms with Crippen LogP contribution < -0.4 is 4.74 Å². The number of rotatable bonds is 6. The summed E-state index contributed by atoms with van der Waals surface area (Å²) in [6, 6.07) is 8.16. The van der Waals surface area contributed by atoms with Crippen molar-refractivity contribution in [3.63, 3.8) is 0 Å². The van der Waals surface area contributed by atoms with Gasteiger partial charge in [0.25, 0.3) is 0 Å². The number of hydrogen-bond donors (Lipinski definition) is 0. The molecule has 0 saturated heterocycles. The first-order valence-corrected chi connectivity index (χ1v) is 5.93. The van der Waals surface area contributed by atoms with E-state index >= 15 is 0 Å². The van der Waals surface area contributed by atoms with Crippen LogP contribution in [0.25, 0.3) is 0 Å². The van der Waals surface area contributed by atoms with E-state index in [0.717, 1.165) is 25.2 Å². The van der Waals surface area contributed by atoms with E-state index < -0.39 is 0 Å². The van der Waals surface area contributed by atoms with Crippen LogP contribution in [0.5, 0.6) is 5.75 Å². The minimum Gasteiger partial charge on any atom is -0.497 e. The van der Waals surface area contributed by atoms with Crippen LogP contribution in [0, 0.1) is 0 Å². The fourth-order valence-electron chi connectivity index (χ4n) is 1.40. The van der Waals surface area contributed by atoms with Crippen LogP contribution in [0.1, 0.15) is 12.0 Å². The Morgan fingerprint density at radius 2 is 2.13 bits per heavy atom. The second-order valence-electron chi connectivity index (χ2n) is 3.43. The quantitative estimate of drug-likeness (QED) is 0.742. The molecule has 0 spiro atoms. The van der Waals surface area contributed by atoms with Crippen molar-refractivity contribution in [1.82, 2.24) is 0 Å². The molecule has 0 amide bonds. The summed E-state index contributed by atoms with van der Waals surface area (Å²) in [6.07, 6.45) is 2.02. The number of ether oxygens (including phenoxy) is 2. The molecule has 0 aliphatic heterocycles. The summed E-state index contributed by atoms with van der Waals surface area (Å²) in [7, 11) is 3.42. The molecule has 0 fully saturated rings. The molecule has 1 unspecified atom stereocenters. The highest BCUT2D eigenvalue weighted by atomic mass is 79.9. The van der Waals surface area contributed by atoms with Gasteiger partial charge in [0.2, 0.25) is 0 Å². The summed E-state index contributed by atoms with van der Waals surface area (Å²) < 4.78 is 10.2. The molecule has 0 aliphatic carbocycles. The van der Waals surface area contributed by atoms with Gasteiger partial charge in [-0.3, -0.25) is 0 Å². The topological polar surface area (TPSA) is 18.5 Å². The fraction of sp³-hybridized carbons (Fsp3) is 0.500. The molecular formula is C12H17BrO2. The van der Waals surface area contributed by atoms with Gasteiger partial charge in [-0.2, -0.15) is 0 Å². The highest BCUT2D eigenvalue weighted by Crippen LogP contribution is 2.18. The van der Waals surface area contributed by atoms with Crippen molar-refractivity contribution in [2.24, 2.45) is 0 Å². The molecule has 1 atom stereocenters. The van der Waals surface area contributed by atoms with Gasteiger partial charge in [-0.15, -0.1) is 0 Å². The lowest BCUT2D eigenvalue weighted by Gasteiger charge is -2.09. The second kappa shape index (κ2) is 6.85. The number of alkyl halides is 1. The van der Waals surface area contributed by atoms with Gasteiger partial charge in [0, 0.05) is 18.5 Å². The zero-order valence-electron chi connectivity index (χ0n) is 9.20. The van der Waals surface area contributed by atoms with Crippen molar-refractivity contribution in [3.05, 3.63) is 29.8 Å². The molecule has 0 aromatic heterocycles. The average Bonchev–Trinajstić information content (AvgIpc) is 2.26. The Labute approximate surface area is 99.7 Å². The molecule has 0 heterocycles. The van der Waals surface area contributed by atoms with E-state index in [-0.39, 0.29) is 0 Å². The van der Waals surface area contributed by atoms with Crippen molar-refractivity contribution in [2.45, 2.75) is 17.7 Å². The summed E-state index contributed by atoms with van der Waals surface area (Å²) in [4.78, 5) is 0.463. The lowest BCUT2D eigenvalue weighted by Crippen LogP contribution is -2.06. The minimum absolute atomic E-state index is 0.463. The third-order valence-electron chi connectivity index (χ3n) is 2.23. The molecule has 84 valence electrons. The third-order valence-corrected chi connectivity index (χ3v) is 3.01. The first-order chi connectivity index (χ1) is 7.26. The monoisotopic (exact) mass is 272 g/mol. The van der Waals surface area contributed by atoms with Crippen molar-refractivity contribution in [2.75, 3.05) is 20.8 Å². The second-order valence-corrected chi connectivity index (χ2v) is 4.73. The molecule has 0 N–H and O–H groups in total. The van der Waals surface area contributed by atoms with Gasteiger partial charge in [0.1, 0.15) is 5.75 Å². The Hall–Kier alpha value is -0.540. The minimum atomic E-state index is 0.463. The zero-order chi connectivity index (χ0) is 11.1. The molecule has 1 rings (SSSR count). The summed E-state index contributed by atoms with van der Waals surface area (Å²) in [5.41, 5.74) is 1.28. The SMILES string of the molecule is COCCC(Br)Cc1cccc(OC)c1. The predicted molar refractivity (Wildman–Crippen MR) is 65.9 cm³/mol.